The van der Waals surface area contributed by atoms with Crippen LogP contribution in [0.4, 0.5) is 0 Å². The first kappa shape index (κ1) is 11.9. The standard InChI is InChI=1S/C16H13NOS/c1-11-7-9-13(10-8-11)15-14(17-16(19)18-15)12-5-3-2-4-6-12/h2-10H,1H3,(H,17,19). The Balaban J connectivity index is 2.17. The molecule has 0 saturated carbocycles. The van der Waals surface area contributed by atoms with Crippen molar-refractivity contribution in [2.75, 3.05) is 0 Å². The molecule has 3 aromatic rings. The summed E-state index contributed by atoms with van der Waals surface area (Å²) in [7, 11) is 0. The van der Waals surface area contributed by atoms with E-state index in [0.29, 0.717) is 4.84 Å². The molecule has 3 rings (SSSR count). The van der Waals surface area contributed by atoms with E-state index in [1.807, 2.05) is 42.5 Å². The van der Waals surface area contributed by atoms with Gasteiger partial charge >= 0.3 is 0 Å². The number of aromatic nitrogens is 1. The molecule has 19 heavy (non-hydrogen) atoms. The van der Waals surface area contributed by atoms with Gasteiger partial charge in [-0.3, -0.25) is 0 Å². The molecule has 0 atom stereocenters. The van der Waals surface area contributed by atoms with Gasteiger partial charge in [-0.2, -0.15) is 0 Å². The van der Waals surface area contributed by atoms with Crippen LogP contribution in [-0.4, -0.2) is 4.98 Å². The zero-order valence-corrected chi connectivity index (χ0v) is 11.3. The van der Waals surface area contributed by atoms with Crippen molar-refractivity contribution in [3.63, 3.8) is 0 Å². The molecule has 0 aliphatic rings. The lowest BCUT2D eigenvalue weighted by Crippen LogP contribution is -1.82. The number of aryl methyl sites for hydroxylation is 1. The van der Waals surface area contributed by atoms with E-state index in [9.17, 15) is 0 Å². The second-order valence-corrected chi connectivity index (χ2v) is 4.82. The third kappa shape index (κ3) is 2.37. The Morgan fingerprint density at radius 2 is 1.58 bits per heavy atom. The monoisotopic (exact) mass is 267 g/mol. The van der Waals surface area contributed by atoms with E-state index in [4.69, 9.17) is 16.6 Å². The number of hydrogen-bond acceptors (Lipinski definition) is 2. The molecule has 0 aliphatic heterocycles. The minimum absolute atomic E-state index is 0.398. The maximum atomic E-state index is 5.65. The largest absolute Gasteiger partial charge is 0.429 e. The molecule has 0 aliphatic carbocycles. The van der Waals surface area contributed by atoms with Crippen molar-refractivity contribution in [3.8, 4) is 22.6 Å². The second-order valence-electron chi connectivity index (χ2n) is 4.45. The van der Waals surface area contributed by atoms with Crippen LogP contribution in [0.2, 0.25) is 0 Å². The first-order chi connectivity index (χ1) is 9.24. The van der Waals surface area contributed by atoms with Gasteiger partial charge in [-0.05, 0) is 19.1 Å². The lowest BCUT2D eigenvalue weighted by Gasteiger charge is -2.02. The summed E-state index contributed by atoms with van der Waals surface area (Å²) in [5, 5.41) is 0. The summed E-state index contributed by atoms with van der Waals surface area (Å²) in [6, 6.07) is 18.3. The molecule has 0 radical (unpaired) electrons. The van der Waals surface area contributed by atoms with Crippen LogP contribution >= 0.6 is 12.2 Å². The molecule has 0 bridgehead atoms. The topological polar surface area (TPSA) is 28.9 Å². The van der Waals surface area contributed by atoms with Crippen LogP contribution in [-0.2, 0) is 0 Å². The lowest BCUT2D eigenvalue weighted by molar-refractivity contribution is 0.554. The molecule has 0 spiro atoms. The molecule has 0 amide bonds. The Morgan fingerprint density at radius 3 is 2.26 bits per heavy atom. The van der Waals surface area contributed by atoms with E-state index in [-0.39, 0.29) is 0 Å². The number of H-pyrrole nitrogens is 1. The average molecular weight is 267 g/mol. The van der Waals surface area contributed by atoms with E-state index >= 15 is 0 Å². The molecule has 0 unspecified atom stereocenters. The molecule has 3 heteroatoms. The van der Waals surface area contributed by atoms with Crippen LogP contribution in [0.5, 0.6) is 0 Å². The zero-order chi connectivity index (χ0) is 13.2. The molecule has 0 saturated heterocycles. The Labute approximate surface area is 116 Å². The minimum atomic E-state index is 0.398. The van der Waals surface area contributed by atoms with Gasteiger partial charge in [0, 0.05) is 11.1 Å². The summed E-state index contributed by atoms with van der Waals surface area (Å²) in [5.41, 5.74) is 4.24. The van der Waals surface area contributed by atoms with E-state index in [1.54, 1.807) is 0 Å². The summed E-state index contributed by atoms with van der Waals surface area (Å²) >= 11 is 5.12. The first-order valence-corrected chi connectivity index (χ1v) is 6.50. The van der Waals surface area contributed by atoms with Crippen molar-refractivity contribution in [3.05, 3.63) is 65.0 Å². The van der Waals surface area contributed by atoms with Crippen molar-refractivity contribution < 1.29 is 4.42 Å². The van der Waals surface area contributed by atoms with Gasteiger partial charge in [-0.25, -0.2) is 0 Å². The van der Waals surface area contributed by atoms with Gasteiger partial charge in [0.2, 0.25) is 0 Å². The molecular weight excluding hydrogens is 254 g/mol. The summed E-state index contributed by atoms with van der Waals surface area (Å²) in [6.45, 7) is 2.06. The van der Waals surface area contributed by atoms with E-state index in [2.05, 4.69) is 24.0 Å². The maximum absolute atomic E-state index is 5.65. The first-order valence-electron chi connectivity index (χ1n) is 6.09. The molecule has 2 nitrogen and oxygen atoms in total. The second kappa shape index (κ2) is 4.86. The molecule has 1 heterocycles. The van der Waals surface area contributed by atoms with Crippen molar-refractivity contribution in [2.45, 2.75) is 6.92 Å². The fourth-order valence-corrected chi connectivity index (χ4v) is 2.23. The maximum Gasteiger partial charge on any atom is 0.266 e. The number of oxazole rings is 1. The predicted octanol–water partition coefficient (Wildman–Crippen LogP) is 4.98. The van der Waals surface area contributed by atoms with Crippen LogP contribution in [0.15, 0.2) is 59.0 Å². The number of nitrogens with one attached hydrogen (secondary N) is 1. The predicted molar refractivity (Wildman–Crippen MR) is 79.5 cm³/mol. The lowest BCUT2D eigenvalue weighted by atomic mass is 10.0. The van der Waals surface area contributed by atoms with Crippen molar-refractivity contribution >= 4 is 12.2 Å². The molecular formula is C16H13NOS. The average Bonchev–Trinajstić information content (AvgIpc) is 2.83. The highest BCUT2D eigenvalue weighted by molar-refractivity contribution is 7.71. The third-order valence-electron chi connectivity index (χ3n) is 3.03. The molecule has 1 N–H and O–H groups in total. The third-order valence-corrected chi connectivity index (χ3v) is 3.21. The number of benzene rings is 2. The number of hydrogen-bond donors (Lipinski definition) is 1. The van der Waals surface area contributed by atoms with Gasteiger partial charge in [0.05, 0.1) is 5.69 Å². The van der Waals surface area contributed by atoms with Crippen LogP contribution in [0.25, 0.3) is 22.6 Å². The molecule has 94 valence electrons. The van der Waals surface area contributed by atoms with E-state index in [1.165, 1.54) is 5.56 Å². The normalized spacial score (nSPS) is 10.6. The van der Waals surface area contributed by atoms with Crippen molar-refractivity contribution in [2.24, 2.45) is 0 Å². The molecule has 2 aromatic carbocycles. The number of rotatable bonds is 2. The van der Waals surface area contributed by atoms with Crippen LogP contribution < -0.4 is 0 Å². The Morgan fingerprint density at radius 1 is 0.895 bits per heavy atom. The molecule has 1 aromatic heterocycles. The summed E-state index contributed by atoms with van der Waals surface area (Å²) in [5.74, 6) is 0.788. The summed E-state index contributed by atoms with van der Waals surface area (Å²) in [4.78, 5) is 3.52. The summed E-state index contributed by atoms with van der Waals surface area (Å²) in [6.07, 6.45) is 0. The van der Waals surface area contributed by atoms with E-state index < -0.39 is 0 Å². The van der Waals surface area contributed by atoms with Crippen LogP contribution in [0.1, 0.15) is 5.56 Å². The fraction of sp³-hybridized carbons (Fsp3) is 0.0625. The van der Waals surface area contributed by atoms with Gasteiger partial charge in [0.15, 0.2) is 5.76 Å². The SMILES string of the molecule is Cc1ccc(-c2oc(=S)[nH]c2-c2ccccc2)cc1. The Hall–Kier alpha value is -2.13. The highest BCUT2D eigenvalue weighted by Crippen LogP contribution is 2.31. The van der Waals surface area contributed by atoms with Crippen LogP contribution in [0.3, 0.4) is 0 Å². The van der Waals surface area contributed by atoms with Crippen molar-refractivity contribution in [1.29, 1.82) is 0 Å². The molecule has 0 fully saturated rings. The fourth-order valence-electron chi connectivity index (χ4n) is 2.04. The minimum Gasteiger partial charge on any atom is -0.429 e. The van der Waals surface area contributed by atoms with Gasteiger partial charge < -0.3 is 9.40 Å². The van der Waals surface area contributed by atoms with Gasteiger partial charge in [0.25, 0.3) is 4.84 Å². The van der Waals surface area contributed by atoms with Gasteiger partial charge in [-0.15, -0.1) is 0 Å². The van der Waals surface area contributed by atoms with E-state index in [0.717, 1.165) is 22.6 Å². The van der Waals surface area contributed by atoms with Gasteiger partial charge in [-0.1, -0.05) is 60.2 Å². The van der Waals surface area contributed by atoms with Crippen LogP contribution in [0, 0.1) is 11.8 Å². The summed E-state index contributed by atoms with van der Waals surface area (Å²) < 4.78 is 5.65. The Kier molecular flexibility index (Phi) is 3.05. The zero-order valence-electron chi connectivity index (χ0n) is 10.5. The van der Waals surface area contributed by atoms with Gasteiger partial charge in [0.1, 0.15) is 0 Å². The number of aromatic amines is 1. The van der Waals surface area contributed by atoms with Crippen molar-refractivity contribution in [1.82, 2.24) is 4.98 Å². The quantitative estimate of drug-likeness (QED) is 0.663. The highest BCUT2D eigenvalue weighted by Gasteiger charge is 2.12. The Bertz CT molecular complexity index is 738. The highest BCUT2D eigenvalue weighted by atomic mass is 32.1. The smallest absolute Gasteiger partial charge is 0.266 e.